The number of nitrogens with one attached hydrogen (secondary N) is 1. The molecule has 1 unspecified atom stereocenters. The Labute approximate surface area is 171 Å². The maximum absolute atomic E-state index is 13.7. The third-order valence-corrected chi connectivity index (χ3v) is 5.50. The van der Waals surface area contributed by atoms with Gasteiger partial charge in [-0.2, -0.15) is 18.3 Å². The lowest BCUT2D eigenvalue weighted by atomic mass is 9.85. The summed E-state index contributed by atoms with van der Waals surface area (Å²) in [5, 5.41) is 16.3. The van der Waals surface area contributed by atoms with Crippen LogP contribution >= 0.6 is 11.6 Å². The van der Waals surface area contributed by atoms with Crippen molar-refractivity contribution >= 4 is 17.5 Å². The van der Waals surface area contributed by atoms with Crippen molar-refractivity contribution in [3.05, 3.63) is 46.7 Å². The van der Waals surface area contributed by atoms with Crippen LogP contribution in [-0.2, 0) is 6.18 Å². The highest BCUT2D eigenvalue weighted by molar-refractivity contribution is 6.30. The molecule has 0 saturated heterocycles. The minimum atomic E-state index is -4.79. The minimum absolute atomic E-state index is 0.140. The second-order valence-corrected chi connectivity index (χ2v) is 7.82. The first-order chi connectivity index (χ1) is 13.8. The fourth-order valence-corrected chi connectivity index (χ4v) is 3.96. The maximum atomic E-state index is 13.7. The van der Waals surface area contributed by atoms with E-state index in [1.807, 2.05) is 0 Å². The van der Waals surface area contributed by atoms with Gasteiger partial charge in [-0.15, -0.1) is 0 Å². The van der Waals surface area contributed by atoms with Crippen LogP contribution in [0.4, 0.5) is 13.2 Å². The molecule has 5 nitrogen and oxygen atoms in total. The minimum Gasteiger partial charge on any atom is -0.394 e. The predicted octanol–water partition coefficient (Wildman–Crippen LogP) is 4.61. The van der Waals surface area contributed by atoms with Gasteiger partial charge in [-0.3, -0.25) is 4.79 Å². The van der Waals surface area contributed by atoms with Gasteiger partial charge in [0.2, 0.25) is 0 Å². The number of nitrogens with zero attached hydrogens (tertiary/aromatic N) is 2. The Morgan fingerprint density at radius 1 is 1.24 bits per heavy atom. The topological polar surface area (TPSA) is 67.2 Å². The highest BCUT2D eigenvalue weighted by Gasteiger charge is 2.41. The van der Waals surface area contributed by atoms with Crippen LogP contribution in [0.2, 0.25) is 5.02 Å². The third-order valence-electron chi connectivity index (χ3n) is 5.25. The number of aliphatic hydroxyl groups is 1. The number of hydrogen-bond donors (Lipinski definition) is 2. The Balaban J connectivity index is 1.83. The Morgan fingerprint density at radius 2 is 1.90 bits per heavy atom. The first-order valence-corrected chi connectivity index (χ1v) is 10.00. The molecule has 0 bridgehead atoms. The summed E-state index contributed by atoms with van der Waals surface area (Å²) < 4.78 is 41.9. The van der Waals surface area contributed by atoms with Crippen LogP contribution in [0, 0.1) is 5.92 Å². The number of benzene rings is 1. The standard InChI is InChI=1S/C20H23ClF3N3O2/c21-14-6-8-16(9-7-14)27-18(20(22,23)24)17(11-25-27)19(29)26-15(12-28)10-13-4-2-1-3-5-13/h6-9,11,13,15,28H,1-5,10,12H2,(H,26,29). The molecule has 1 amide bonds. The molecule has 1 fully saturated rings. The summed E-state index contributed by atoms with van der Waals surface area (Å²) in [5.74, 6) is -0.535. The summed E-state index contributed by atoms with van der Waals surface area (Å²) >= 11 is 5.80. The largest absolute Gasteiger partial charge is 0.434 e. The first kappa shape index (κ1) is 21.6. The Hall–Kier alpha value is -2.06. The first-order valence-electron chi connectivity index (χ1n) is 9.62. The third kappa shape index (κ3) is 5.30. The molecule has 0 spiro atoms. The molecule has 1 saturated carbocycles. The lowest BCUT2D eigenvalue weighted by molar-refractivity contribution is -0.143. The van der Waals surface area contributed by atoms with Gasteiger partial charge >= 0.3 is 6.18 Å². The van der Waals surface area contributed by atoms with Crippen LogP contribution in [0.25, 0.3) is 5.69 Å². The molecular weight excluding hydrogens is 407 g/mol. The SMILES string of the molecule is O=C(NC(CO)CC1CCCCC1)c1cnn(-c2ccc(Cl)cc2)c1C(F)(F)F. The van der Waals surface area contributed by atoms with Gasteiger partial charge in [-0.25, -0.2) is 4.68 Å². The zero-order chi connectivity index (χ0) is 21.0. The van der Waals surface area contributed by atoms with Gasteiger partial charge in [0.15, 0.2) is 5.69 Å². The monoisotopic (exact) mass is 429 g/mol. The van der Waals surface area contributed by atoms with Gasteiger partial charge < -0.3 is 10.4 Å². The fraction of sp³-hybridized carbons (Fsp3) is 0.500. The van der Waals surface area contributed by atoms with E-state index in [0.717, 1.165) is 31.9 Å². The second kappa shape index (κ2) is 9.17. The summed E-state index contributed by atoms with van der Waals surface area (Å²) in [4.78, 5) is 12.6. The van der Waals surface area contributed by atoms with Gasteiger partial charge in [0, 0.05) is 5.02 Å². The van der Waals surface area contributed by atoms with E-state index in [1.165, 1.54) is 30.7 Å². The van der Waals surface area contributed by atoms with E-state index in [2.05, 4.69) is 10.4 Å². The Morgan fingerprint density at radius 3 is 2.48 bits per heavy atom. The summed E-state index contributed by atoms with van der Waals surface area (Å²) in [6, 6.07) is 5.10. The number of alkyl halides is 3. The molecule has 29 heavy (non-hydrogen) atoms. The van der Waals surface area contributed by atoms with E-state index >= 15 is 0 Å². The number of halogens is 4. The van der Waals surface area contributed by atoms with E-state index in [4.69, 9.17) is 11.6 Å². The van der Waals surface area contributed by atoms with Crippen molar-refractivity contribution in [1.29, 1.82) is 0 Å². The van der Waals surface area contributed by atoms with Crippen LogP contribution in [-0.4, -0.2) is 33.4 Å². The number of aromatic nitrogens is 2. The summed E-state index contributed by atoms with van der Waals surface area (Å²) in [6.07, 6.45) is 2.05. The molecule has 1 heterocycles. The number of amides is 1. The van der Waals surface area contributed by atoms with Crippen LogP contribution in [0.5, 0.6) is 0 Å². The molecule has 3 rings (SSSR count). The molecule has 2 aromatic rings. The smallest absolute Gasteiger partial charge is 0.394 e. The zero-order valence-electron chi connectivity index (χ0n) is 15.8. The predicted molar refractivity (Wildman–Crippen MR) is 103 cm³/mol. The molecule has 1 aromatic heterocycles. The Kier molecular flexibility index (Phi) is 6.85. The number of rotatable bonds is 6. The van der Waals surface area contributed by atoms with Crippen molar-refractivity contribution in [2.75, 3.05) is 6.61 Å². The number of carbonyl (C=O) groups excluding carboxylic acids is 1. The van der Waals surface area contributed by atoms with Crippen LogP contribution in [0.1, 0.15) is 54.6 Å². The Bertz CT molecular complexity index is 830. The van der Waals surface area contributed by atoms with Crippen molar-refractivity contribution in [3.63, 3.8) is 0 Å². The fourth-order valence-electron chi connectivity index (χ4n) is 3.83. The van der Waals surface area contributed by atoms with Crippen molar-refractivity contribution in [2.45, 2.75) is 50.7 Å². The number of aliphatic hydroxyl groups excluding tert-OH is 1. The molecule has 0 aliphatic heterocycles. The van der Waals surface area contributed by atoms with E-state index in [1.54, 1.807) is 0 Å². The van der Waals surface area contributed by atoms with Crippen molar-refractivity contribution in [1.82, 2.24) is 15.1 Å². The maximum Gasteiger partial charge on any atom is 0.434 e. The van der Waals surface area contributed by atoms with Crippen molar-refractivity contribution < 1.29 is 23.1 Å². The van der Waals surface area contributed by atoms with E-state index in [0.29, 0.717) is 22.0 Å². The quantitative estimate of drug-likeness (QED) is 0.704. The van der Waals surface area contributed by atoms with E-state index < -0.39 is 29.4 Å². The summed E-state index contributed by atoms with van der Waals surface area (Å²) in [5.41, 5.74) is -1.59. The van der Waals surface area contributed by atoms with Gasteiger partial charge in [0.25, 0.3) is 5.91 Å². The molecular formula is C20H23ClF3N3O2. The average molecular weight is 430 g/mol. The summed E-state index contributed by atoms with van der Waals surface area (Å²) in [6.45, 7) is -0.324. The number of hydrogen-bond acceptors (Lipinski definition) is 3. The second-order valence-electron chi connectivity index (χ2n) is 7.39. The normalized spacial score (nSPS) is 16.6. The molecule has 9 heteroatoms. The highest BCUT2D eigenvalue weighted by atomic mass is 35.5. The van der Waals surface area contributed by atoms with Gasteiger partial charge in [0.1, 0.15) is 0 Å². The van der Waals surface area contributed by atoms with Crippen molar-refractivity contribution in [2.24, 2.45) is 5.92 Å². The van der Waals surface area contributed by atoms with Crippen LogP contribution in [0.15, 0.2) is 30.5 Å². The van der Waals surface area contributed by atoms with Crippen LogP contribution < -0.4 is 5.32 Å². The molecule has 158 valence electrons. The van der Waals surface area contributed by atoms with Gasteiger partial charge in [-0.05, 0) is 36.6 Å². The molecule has 2 N–H and O–H groups in total. The molecule has 1 aliphatic carbocycles. The lowest BCUT2D eigenvalue weighted by Crippen LogP contribution is -2.39. The lowest BCUT2D eigenvalue weighted by Gasteiger charge is -2.26. The summed E-state index contributed by atoms with van der Waals surface area (Å²) in [7, 11) is 0. The van der Waals surface area contributed by atoms with E-state index in [9.17, 15) is 23.1 Å². The molecule has 1 atom stereocenters. The molecule has 1 aliphatic rings. The highest BCUT2D eigenvalue weighted by Crippen LogP contribution is 2.34. The molecule has 1 aromatic carbocycles. The van der Waals surface area contributed by atoms with Gasteiger partial charge in [-0.1, -0.05) is 43.7 Å². The number of carbonyl (C=O) groups is 1. The zero-order valence-corrected chi connectivity index (χ0v) is 16.5. The van der Waals surface area contributed by atoms with Crippen molar-refractivity contribution in [3.8, 4) is 5.69 Å². The average Bonchev–Trinajstić information content (AvgIpc) is 3.14. The molecule has 0 radical (unpaired) electrons. The van der Waals surface area contributed by atoms with E-state index in [-0.39, 0.29) is 12.3 Å². The van der Waals surface area contributed by atoms with Crippen LogP contribution in [0.3, 0.4) is 0 Å². The van der Waals surface area contributed by atoms with Gasteiger partial charge in [0.05, 0.1) is 30.1 Å².